The third-order valence-electron chi connectivity index (χ3n) is 3.34. The lowest BCUT2D eigenvalue weighted by Gasteiger charge is -2.06. The molecule has 7 nitrogen and oxygen atoms in total. The number of carbonyl (C=O) groups excluding carboxylic acids is 1. The second kappa shape index (κ2) is 6.57. The van der Waals surface area contributed by atoms with E-state index in [4.69, 9.17) is 11.6 Å². The highest BCUT2D eigenvalue weighted by Crippen LogP contribution is 2.22. The number of nitro benzene ring substituents is 1. The Balaban J connectivity index is 2.17. The predicted molar refractivity (Wildman–Crippen MR) is 81.9 cm³/mol. The van der Waals surface area contributed by atoms with E-state index in [1.807, 2.05) is 18.5 Å². The Kier molecular flexibility index (Phi) is 4.77. The van der Waals surface area contributed by atoms with Crippen molar-refractivity contribution in [1.82, 2.24) is 15.1 Å². The molecule has 0 aliphatic rings. The summed E-state index contributed by atoms with van der Waals surface area (Å²) in [6.07, 6.45) is 1.67. The van der Waals surface area contributed by atoms with Crippen LogP contribution in [-0.2, 0) is 13.1 Å². The van der Waals surface area contributed by atoms with Crippen molar-refractivity contribution < 1.29 is 9.72 Å². The SMILES string of the molecule is CCn1ncc(CNC(=O)c2cc(Cl)ccc2[N+](=O)[O-])c1C. The third-order valence-corrected chi connectivity index (χ3v) is 3.58. The smallest absolute Gasteiger partial charge is 0.282 e. The molecule has 0 unspecified atom stereocenters. The molecule has 0 aliphatic carbocycles. The maximum absolute atomic E-state index is 12.2. The van der Waals surface area contributed by atoms with Gasteiger partial charge in [-0.05, 0) is 26.0 Å². The molecule has 0 atom stereocenters. The Morgan fingerprint density at radius 3 is 2.82 bits per heavy atom. The average molecular weight is 323 g/mol. The second-order valence-corrected chi connectivity index (χ2v) is 5.11. The first kappa shape index (κ1) is 16.0. The molecule has 2 rings (SSSR count). The van der Waals surface area contributed by atoms with E-state index in [2.05, 4.69) is 10.4 Å². The minimum Gasteiger partial charge on any atom is -0.348 e. The Morgan fingerprint density at radius 2 is 2.23 bits per heavy atom. The summed E-state index contributed by atoms with van der Waals surface area (Å²) >= 11 is 5.81. The number of nitro groups is 1. The monoisotopic (exact) mass is 322 g/mol. The third kappa shape index (κ3) is 3.25. The van der Waals surface area contributed by atoms with Crippen molar-refractivity contribution >= 4 is 23.2 Å². The maximum atomic E-state index is 12.2. The summed E-state index contributed by atoms with van der Waals surface area (Å²) in [6.45, 7) is 4.85. The molecule has 1 heterocycles. The molecule has 0 fully saturated rings. The van der Waals surface area contributed by atoms with Crippen LogP contribution in [0.2, 0.25) is 5.02 Å². The fourth-order valence-corrected chi connectivity index (χ4v) is 2.27. The first-order valence-electron chi connectivity index (χ1n) is 6.67. The van der Waals surface area contributed by atoms with Gasteiger partial charge in [0.05, 0.1) is 11.1 Å². The number of nitrogens with zero attached hydrogens (tertiary/aromatic N) is 3. The molecular weight excluding hydrogens is 308 g/mol. The van der Waals surface area contributed by atoms with Gasteiger partial charge in [-0.2, -0.15) is 5.10 Å². The summed E-state index contributed by atoms with van der Waals surface area (Å²) in [6, 6.07) is 3.89. The molecule has 22 heavy (non-hydrogen) atoms. The van der Waals surface area contributed by atoms with Gasteiger partial charge in [0, 0.05) is 35.4 Å². The molecule has 0 saturated heterocycles. The van der Waals surface area contributed by atoms with Gasteiger partial charge in [-0.1, -0.05) is 11.6 Å². The molecule has 1 N–H and O–H groups in total. The van der Waals surface area contributed by atoms with Gasteiger partial charge in [-0.25, -0.2) is 0 Å². The Morgan fingerprint density at radius 1 is 1.50 bits per heavy atom. The molecule has 0 aliphatic heterocycles. The highest BCUT2D eigenvalue weighted by molar-refractivity contribution is 6.31. The average Bonchev–Trinajstić information content (AvgIpc) is 2.84. The molecule has 2 aromatic rings. The number of nitrogens with one attached hydrogen (secondary N) is 1. The van der Waals surface area contributed by atoms with Crippen molar-refractivity contribution in [2.75, 3.05) is 0 Å². The van der Waals surface area contributed by atoms with Crippen LogP contribution in [0.5, 0.6) is 0 Å². The molecule has 1 amide bonds. The van der Waals surface area contributed by atoms with Gasteiger partial charge in [-0.15, -0.1) is 0 Å². The van der Waals surface area contributed by atoms with Gasteiger partial charge in [-0.3, -0.25) is 19.6 Å². The van der Waals surface area contributed by atoms with Crippen LogP contribution in [-0.4, -0.2) is 20.6 Å². The second-order valence-electron chi connectivity index (χ2n) is 4.67. The fourth-order valence-electron chi connectivity index (χ4n) is 2.10. The topological polar surface area (TPSA) is 90.1 Å². The molecule has 116 valence electrons. The van der Waals surface area contributed by atoms with Crippen LogP contribution >= 0.6 is 11.6 Å². The van der Waals surface area contributed by atoms with Crippen LogP contribution in [0.3, 0.4) is 0 Å². The van der Waals surface area contributed by atoms with E-state index in [-0.39, 0.29) is 22.8 Å². The number of carbonyl (C=O) groups is 1. The van der Waals surface area contributed by atoms with Gasteiger partial charge >= 0.3 is 0 Å². The van der Waals surface area contributed by atoms with Crippen LogP contribution < -0.4 is 5.32 Å². The number of aryl methyl sites for hydroxylation is 1. The number of halogens is 1. The van der Waals surface area contributed by atoms with Crippen molar-refractivity contribution in [2.24, 2.45) is 0 Å². The number of hydrogen-bond acceptors (Lipinski definition) is 4. The number of benzene rings is 1. The molecule has 0 radical (unpaired) electrons. The molecule has 8 heteroatoms. The summed E-state index contributed by atoms with van der Waals surface area (Å²) < 4.78 is 1.81. The zero-order valence-corrected chi connectivity index (χ0v) is 12.9. The molecule has 0 saturated carbocycles. The zero-order valence-electron chi connectivity index (χ0n) is 12.2. The van der Waals surface area contributed by atoms with Crippen molar-refractivity contribution in [3.05, 3.63) is 56.4 Å². The summed E-state index contributed by atoms with van der Waals surface area (Å²) in [4.78, 5) is 22.6. The lowest BCUT2D eigenvalue weighted by molar-refractivity contribution is -0.385. The van der Waals surface area contributed by atoms with Crippen molar-refractivity contribution in [3.63, 3.8) is 0 Å². The summed E-state index contributed by atoms with van der Waals surface area (Å²) in [5.41, 5.74) is 1.48. The summed E-state index contributed by atoms with van der Waals surface area (Å²) in [5, 5.41) is 18.1. The molecule has 0 spiro atoms. The van der Waals surface area contributed by atoms with E-state index in [0.717, 1.165) is 17.8 Å². The number of hydrogen-bond donors (Lipinski definition) is 1. The lowest BCUT2D eigenvalue weighted by Crippen LogP contribution is -2.24. The van der Waals surface area contributed by atoms with Crippen LogP contribution in [0.4, 0.5) is 5.69 Å². The van der Waals surface area contributed by atoms with Gasteiger partial charge in [0.25, 0.3) is 11.6 Å². The first-order chi connectivity index (χ1) is 10.4. The van der Waals surface area contributed by atoms with Crippen LogP contribution in [0.15, 0.2) is 24.4 Å². The Hall–Kier alpha value is -2.41. The van der Waals surface area contributed by atoms with E-state index in [9.17, 15) is 14.9 Å². The van der Waals surface area contributed by atoms with Crippen molar-refractivity contribution in [3.8, 4) is 0 Å². The van der Waals surface area contributed by atoms with E-state index in [0.29, 0.717) is 0 Å². The highest BCUT2D eigenvalue weighted by Gasteiger charge is 2.20. The lowest BCUT2D eigenvalue weighted by atomic mass is 10.1. The number of aromatic nitrogens is 2. The van der Waals surface area contributed by atoms with E-state index in [1.165, 1.54) is 18.2 Å². The minimum atomic E-state index is -0.606. The van der Waals surface area contributed by atoms with Crippen molar-refractivity contribution in [2.45, 2.75) is 26.9 Å². The zero-order chi connectivity index (χ0) is 16.3. The van der Waals surface area contributed by atoms with Crippen molar-refractivity contribution in [1.29, 1.82) is 0 Å². The van der Waals surface area contributed by atoms with E-state index in [1.54, 1.807) is 6.20 Å². The Labute approximate surface area is 132 Å². The highest BCUT2D eigenvalue weighted by atomic mass is 35.5. The summed E-state index contributed by atoms with van der Waals surface area (Å²) in [7, 11) is 0. The number of rotatable bonds is 5. The van der Waals surface area contributed by atoms with Gasteiger partial charge in [0.1, 0.15) is 5.56 Å². The predicted octanol–water partition coefficient (Wildman–Crippen LogP) is 2.70. The fraction of sp³-hybridized carbons (Fsp3) is 0.286. The molecule has 1 aromatic carbocycles. The Bertz CT molecular complexity index is 727. The van der Waals surface area contributed by atoms with E-state index < -0.39 is 10.8 Å². The van der Waals surface area contributed by atoms with Gasteiger partial charge < -0.3 is 5.32 Å². The maximum Gasteiger partial charge on any atom is 0.282 e. The molecule has 0 bridgehead atoms. The summed E-state index contributed by atoms with van der Waals surface area (Å²) in [5.74, 6) is -0.544. The van der Waals surface area contributed by atoms with Gasteiger partial charge in [0.15, 0.2) is 0 Å². The van der Waals surface area contributed by atoms with Crippen LogP contribution in [0.25, 0.3) is 0 Å². The quantitative estimate of drug-likeness (QED) is 0.677. The molecule has 1 aromatic heterocycles. The number of amides is 1. The normalized spacial score (nSPS) is 10.5. The van der Waals surface area contributed by atoms with Crippen LogP contribution in [0, 0.1) is 17.0 Å². The van der Waals surface area contributed by atoms with E-state index >= 15 is 0 Å². The minimum absolute atomic E-state index is 0.0574. The molecular formula is C14H15ClN4O3. The largest absolute Gasteiger partial charge is 0.348 e. The standard InChI is InChI=1S/C14H15ClN4O3/c1-3-18-9(2)10(8-17-18)7-16-14(20)12-6-11(15)4-5-13(12)19(21)22/h4-6,8H,3,7H2,1-2H3,(H,16,20). The first-order valence-corrected chi connectivity index (χ1v) is 7.05. The van der Waals surface area contributed by atoms with Gasteiger partial charge in [0.2, 0.25) is 0 Å². The van der Waals surface area contributed by atoms with Crippen LogP contribution in [0.1, 0.15) is 28.5 Å².